The van der Waals surface area contributed by atoms with Crippen LogP contribution in [0.1, 0.15) is 24.8 Å². The molecule has 1 saturated heterocycles. The van der Waals surface area contributed by atoms with Gasteiger partial charge in [-0.3, -0.25) is 0 Å². The van der Waals surface area contributed by atoms with Gasteiger partial charge < -0.3 is 0 Å². The lowest BCUT2D eigenvalue weighted by molar-refractivity contribution is 0.350. The maximum atomic E-state index is 12.0. The van der Waals surface area contributed by atoms with Crippen molar-refractivity contribution in [3.8, 4) is 0 Å². The summed E-state index contributed by atoms with van der Waals surface area (Å²) in [5.74, 6) is 0. The normalized spacial score (nSPS) is 18.3. The van der Waals surface area contributed by atoms with Crippen molar-refractivity contribution in [2.24, 2.45) is 0 Å². The van der Waals surface area contributed by atoms with E-state index in [4.69, 9.17) is 11.6 Å². The van der Waals surface area contributed by atoms with Crippen molar-refractivity contribution >= 4 is 27.7 Å². The van der Waals surface area contributed by atoms with Gasteiger partial charge in [-0.15, -0.1) is 0 Å². The summed E-state index contributed by atoms with van der Waals surface area (Å²) < 4.78 is 25.6. The molecule has 1 aliphatic rings. The SMILES string of the molecule is O=S(=O)(/C=C/c1ccc(Cl)cc1)N1CCCCC1. The zero-order chi connectivity index (χ0) is 13.0. The molecule has 1 aromatic rings. The number of hydrogen-bond donors (Lipinski definition) is 0. The van der Waals surface area contributed by atoms with Crippen LogP contribution in [0.5, 0.6) is 0 Å². The molecule has 1 aliphatic heterocycles. The Morgan fingerprint density at radius 3 is 2.28 bits per heavy atom. The molecule has 1 heterocycles. The second-order valence-corrected chi connectivity index (χ2v) is 6.61. The van der Waals surface area contributed by atoms with Crippen LogP contribution in [0, 0.1) is 0 Å². The Bertz CT molecular complexity index is 516. The molecule has 0 N–H and O–H groups in total. The summed E-state index contributed by atoms with van der Waals surface area (Å²) in [7, 11) is -3.27. The molecule has 3 nitrogen and oxygen atoms in total. The van der Waals surface area contributed by atoms with Crippen LogP contribution >= 0.6 is 11.6 Å². The minimum Gasteiger partial charge on any atom is -0.208 e. The molecular weight excluding hydrogens is 270 g/mol. The summed E-state index contributed by atoms with van der Waals surface area (Å²) in [6.45, 7) is 1.26. The van der Waals surface area contributed by atoms with E-state index in [1.807, 2.05) is 0 Å². The molecular formula is C13H16ClNO2S. The van der Waals surface area contributed by atoms with Crippen LogP contribution in [-0.2, 0) is 10.0 Å². The van der Waals surface area contributed by atoms with Crippen molar-refractivity contribution < 1.29 is 8.42 Å². The van der Waals surface area contributed by atoms with Crippen LogP contribution < -0.4 is 0 Å². The minimum absolute atomic E-state index is 0.632. The molecule has 0 radical (unpaired) electrons. The highest BCUT2D eigenvalue weighted by Crippen LogP contribution is 2.16. The molecule has 2 rings (SSSR count). The Hall–Kier alpha value is -0.840. The van der Waals surface area contributed by atoms with Gasteiger partial charge in [0.1, 0.15) is 0 Å². The lowest BCUT2D eigenvalue weighted by Gasteiger charge is -2.24. The van der Waals surface area contributed by atoms with E-state index in [0.717, 1.165) is 24.8 Å². The summed E-state index contributed by atoms with van der Waals surface area (Å²) in [6.07, 6.45) is 4.63. The summed E-state index contributed by atoms with van der Waals surface area (Å²) in [5.41, 5.74) is 0.833. The third-order valence-electron chi connectivity index (χ3n) is 2.98. The monoisotopic (exact) mass is 285 g/mol. The first-order valence-corrected chi connectivity index (χ1v) is 7.90. The highest BCUT2D eigenvalue weighted by atomic mass is 35.5. The van der Waals surface area contributed by atoms with E-state index in [1.165, 1.54) is 5.41 Å². The molecule has 0 aliphatic carbocycles. The maximum Gasteiger partial charge on any atom is 0.236 e. The van der Waals surface area contributed by atoms with E-state index in [1.54, 1.807) is 34.6 Å². The fourth-order valence-electron chi connectivity index (χ4n) is 1.94. The molecule has 0 aromatic heterocycles. The van der Waals surface area contributed by atoms with Crippen molar-refractivity contribution in [3.63, 3.8) is 0 Å². The van der Waals surface area contributed by atoms with Crippen LogP contribution in [0.3, 0.4) is 0 Å². The third-order valence-corrected chi connectivity index (χ3v) is 4.79. The van der Waals surface area contributed by atoms with Gasteiger partial charge in [-0.2, -0.15) is 4.31 Å². The van der Waals surface area contributed by atoms with Crippen LogP contribution in [0.25, 0.3) is 6.08 Å². The molecule has 0 bridgehead atoms. The molecule has 0 atom stereocenters. The van der Waals surface area contributed by atoms with E-state index in [2.05, 4.69) is 0 Å². The molecule has 1 aromatic carbocycles. The number of rotatable bonds is 3. The second-order valence-electron chi connectivity index (χ2n) is 4.36. The minimum atomic E-state index is -3.27. The van der Waals surface area contributed by atoms with Crippen molar-refractivity contribution in [3.05, 3.63) is 40.3 Å². The predicted octanol–water partition coefficient (Wildman–Crippen LogP) is 3.13. The van der Waals surface area contributed by atoms with E-state index in [0.29, 0.717) is 18.1 Å². The Kier molecular flexibility index (Phi) is 4.43. The highest BCUT2D eigenvalue weighted by Gasteiger charge is 2.20. The molecule has 18 heavy (non-hydrogen) atoms. The molecule has 0 unspecified atom stereocenters. The van der Waals surface area contributed by atoms with Crippen LogP contribution in [-0.4, -0.2) is 25.8 Å². The van der Waals surface area contributed by atoms with Crippen LogP contribution in [0.4, 0.5) is 0 Å². The fourth-order valence-corrected chi connectivity index (χ4v) is 3.34. The van der Waals surface area contributed by atoms with E-state index >= 15 is 0 Å². The van der Waals surface area contributed by atoms with Crippen molar-refractivity contribution in [2.45, 2.75) is 19.3 Å². The average molecular weight is 286 g/mol. The molecule has 0 saturated carbocycles. The molecule has 0 spiro atoms. The second kappa shape index (κ2) is 5.87. The summed E-state index contributed by atoms with van der Waals surface area (Å²) in [5, 5.41) is 1.92. The fraction of sp³-hybridized carbons (Fsp3) is 0.385. The van der Waals surface area contributed by atoms with Gasteiger partial charge in [-0.25, -0.2) is 8.42 Å². The number of benzene rings is 1. The Labute approximate surface area is 113 Å². The van der Waals surface area contributed by atoms with Crippen molar-refractivity contribution in [1.29, 1.82) is 0 Å². The Morgan fingerprint density at radius 2 is 1.67 bits per heavy atom. The molecule has 5 heteroatoms. The van der Waals surface area contributed by atoms with Gasteiger partial charge >= 0.3 is 0 Å². The number of halogens is 1. The highest BCUT2D eigenvalue weighted by molar-refractivity contribution is 7.92. The number of hydrogen-bond acceptors (Lipinski definition) is 2. The first-order chi connectivity index (χ1) is 8.58. The van der Waals surface area contributed by atoms with E-state index in [-0.39, 0.29) is 0 Å². The van der Waals surface area contributed by atoms with Gasteiger partial charge in [0.25, 0.3) is 0 Å². The van der Waals surface area contributed by atoms with E-state index < -0.39 is 10.0 Å². The smallest absolute Gasteiger partial charge is 0.208 e. The Morgan fingerprint density at radius 1 is 1.06 bits per heavy atom. The standard InChI is InChI=1S/C13H16ClNO2S/c14-13-6-4-12(5-7-13)8-11-18(16,17)15-9-2-1-3-10-15/h4-8,11H,1-3,9-10H2/b11-8+. The first-order valence-electron chi connectivity index (χ1n) is 6.02. The molecule has 1 fully saturated rings. The number of nitrogens with zero attached hydrogens (tertiary/aromatic N) is 1. The van der Waals surface area contributed by atoms with Crippen molar-refractivity contribution in [1.82, 2.24) is 4.31 Å². The van der Waals surface area contributed by atoms with Crippen LogP contribution in [0.2, 0.25) is 5.02 Å². The van der Waals surface area contributed by atoms with Crippen molar-refractivity contribution in [2.75, 3.05) is 13.1 Å². The molecule has 0 amide bonds. The maximum absolute atomic E-state index is 12.0. The van der Waals surface area contributed by atoms with Gasteiger partial charge in [-0.05, 0) is 36.6 Å². The lowest BCUT2D eigenvalue weighted by Crippen LogP contribution is -2.34. The average Bonchev–Trinajstić information content (AvgIpc) is 2.39. The summed E-state index contributed by atoms with van der Waals surface area (Å²) in [4.78, 5) is 0. The topological polar surface area (TPSA) is 37.4 Å². The van der Waals surface area contributed by atoms with Gasteiger partial charge in [0.15, 0.2) is 0 Å². The largest absolute Gasteiger partial charge is 0.236 e. The predicted molar refractivity (Wildman–Crippen MR) is 74.8 cm³/mol. The first kappa shape index (κ1) is 13.6. The van der Waals surface area contributed by atoms with Gasteiger partial charge in [0.05, 0.1) is 0 Å². The number of sulfonamides is 1. The van der Waals surface area contributed by atoms with E-state index in [9.17, 15) is 8.42 Å². The van der Waals surface area contributed by atoms with Gasteiger partial charge in [0, 0.05) is 23.5 Å². The quantitative estimate of drug-likeness (QED) is 0.856. The summed E-state index contributed by atoms with van der Waals surface area (Å²) in [6, 6.07) is 7.08. The number of piperidine rings is 1. The molecule has 98 valence electrons. The Balaban J connectivity index is 2.09. The third kappa shape index (κ3) is 3.57. The lowest BCUT2D eigenvalue weighted by atomic mass is 10.2. The van der Waals surface area contributed by atoms with Crippen LogP contribution in [0.15, 0.2) is 29.7 Å². The zero-order valence-electron chi connectivity index (χ0n) is 10.0. The van der Waals surface area contributed by atoms with Gasteiger partial charge in [-0.1, -0.05) is 30.2 Å². The van der Waals surface area contributed by atoms with Gasteiger partial charge in [0.2, 0.25) is 10.0 Å². The summed E-state index contributed by atoms with van der Waals surface area (Å²) >= 11 is 5.77. The zero-order valence-corrected chi connectivity index (χ0v) is 11.6.